The fourth-order valence-electron chi connectivity index (χ4n) is 1.13. The van der Waals surface area contributed by atoms with Crippen LogP contribution >= 0.6 is 12.6 Å². The minimum atomic E-state index is -0.841. The van der Waals surface area contributed by atoms with Crippen LogP contribution < -0.4 is 0 Å². The van der Waals surface area contributed by atoms with E-state index in [9.17, 15) is 14.9 Å². The van der Waals surface area contributed by atoms with Crippen LogP contribution in [0.15, 0.2) is 17.0 Å². The minimum absolute atomic E-state index is 0.0303. The molecule has 0 saturated carbocycles. The van der Waals surface area contributed by atoms with Crippen LogP contribution in [-0.4, -0.2) is 18.0 Å². The zero-order chi connectivity index (χ0) is 12.3. The van der Waals surface area contributed by atoms with E-state index in [1.807, 2.05) is 0 Å². The molecule has 0 spiro atoms. The van der Waals surface area contributed by atoms with Gasteiger partial charge in [-0.1, -0.05) is 0 Å². The Morgan fingerprint density at radius 2 is 2.25 bits per heavy atom. The molecule has 0 aliphatic rings. The summed E-state index contributed by atoms with van der Waals surface area (Å²) in [6.45, 7) is 0. The van der Waals surface area contributed by atoms with E-state index >= 15 is 0 Å². The Balaban J connectivity index is 3.54. The molecule has 0 N–H and O–H groups in total. The number of nitriles is 1. The van der Waals surface area contributed by atoms with Crippen LogP contribution in [0.5, 0.6) is 0 Å². The highest BCUT2D eigenvalue weighted by Gasteiger charge is 2.26. The second-order valence-electron chi connectivity index (χ2n) is 2.72. The van der Waals surface area contributed by atoms with Gasteiger partial charge in [-0.25, -0.2) is 4.79 Å². The highest BCUT2D eigenvalue weighted by atomic mass is 32.1. The van der Waals surface area contributed by atoms with Crippen molar-refractivity contribution in [3.63, 3.8) is 0 Å². The van der Waals surface area contributed by atoms with Gasteiger partial charge in [0.2, 0.25) is 0 Å². The molecule has 0 saturated heterocycles. The summed E-state index contributed by atoms with van der Waals surface area (Å²) in [4.78, 5) is 21.1. The number of nitrogens with zero attached hydrogens (tertiary/aromatic N) is 2. The molecular formula is C9H6N2O4S. The molecule has 0 atom stereocenters. The standard InChI is InChI=1S/C9H6N2O4S/c1-15-9(12)6-3-2-5(4-10)8(16)7(6)11(13)14/h2-3,16H,1H3. The first-order valence-corrected chi connectivity index (χ1v) is 4.46. The lowest BCUT2D eigenvalue weighted by Gasteiger charge is -2.04. The number of ether oxygens (including phenoxy) is 1. The van der Waals surface area contributed by atoms with Gasteiger partial charge in [0.25, 0.3) is 5.69 Å². The van der Waals surface area contributed by atoms with E-state index in [0.29, 0.717) is 0 Å². The van der Waals surface area contributed by atoms with Gasteiger partial charge in [0.1, 0.15) is 16.5 Å². The van der Waals surface area contributed by atoms with Crippen molar-refractivity contribution in [2.45, 2.75) is 4.90 Å². The molecule has 1 rings (SSSR count). The monoisotopic (exact) mass is 238 g/mol. The van der Waals surface area contributed by atoms with Gasteiger partial charge in [-0.3, -0.25) is 10.1 Å². The summed E-state index contributed by atoms with van der Waals surface area (Å²) in [5, 5.41) is 19.4. The Hall–Kier alpha value is -2.07. The Kier molecular flexibility index (Phi) is 3.48. The van der Waals surface area contributed by atoms with Crippen molar-refractivity contribution in [1.29, 1.82) is 5.26 Å². The molecule has 0 amide bonds. The third-order valence-electron chi connectivity index (χ3n) is 1.86. The van der Waals surface area contributed by atoms with Crippen molar-refractivity contribution in [2.24, 2.45) is 0 Å². The average molecular weight is 238 g/mol. The maximum atomic E-state index is 11.2. The van der Waals surface area contributed by atoms with Gasteiger partial charge in [0.05, 0.1) is 17.6 Å². The molecule has 6 nitrogen and oxygen atoms in total. The molecular weight excluding hydrogens is 232 g/mol. The summed E-state index contributed by atoms with van der Waals surface area (Å²) in [6, 6.07) is 4.19. The number of rotatable bonds is 2. The van der Waals surface area contributed by atoms with E-state index < -0.39 is 16.6 Å². The molecule has 1 aromatic rings. The normalized spacial score (nSPS) is 9.31. The van der Waals surface area contributed by atoms with E-state index in [-0.39, 0.29) is 16.0 Å². The third-order valence-corrected chi connectivity index (χ3v) is 2.31. The van der Waals surface area contributed by atoms with Crippen molar-refractivity contribution in [3.8, 4) is 6.07 Å². The number of benzene rings is 1. The largest absolute Gasteiger partial charge is 0.465 e. The third kappa shape index (κ3) is 1.97. The number of thiol groups is 1. The quantitative estimate of drug-likeness (QED) is 0.365. The molecule has 0 aliphatic carbocycles. The van der Waals surface area contributed by atoms with Crippen molar-refractivity contribution >= 4 is 24.3 Å². The van der Waals surface area contributed by atoms with Crippen molar-refractivity contribution in [2.75, 3.05) is 7.11 Å². The molecule has 0 aliphatic heterocycles. The van der Waals surface area contributed by atoms with Gasteiger partial charge in [-0.05, 0) is 12.1 Å². The summed E-state index contributed by atoms with van der Waals surface area (Å²) < 4.78 is 4.40. The molecule has 7 heteroatoms. The van der Waals surface area contributed by atoms with Crippen LogP contribution in [0, 0.1) is 21.4 Å². The molecule has 0 radical (unpaired) electrons. The van der Waals surface area contributed by atoms with Gasteiger partial charge < -0.3 is 4.74 Å². The van der Waals surface area contributed by atoms with E-state index in [1.54, 1.807) is 6.07 Å². The van der Waals surface area contributed by atoms with E-state index in [4.69, 9.17) is 5.26 Å². The summed E-state index contributed by atoms with van der Waals surface area (Å²) in [5.41, 5.74) is -0.714. The Morgan fingerprint density at radius 3 is 2.69 bits per heavy atom. The number of nitro groups is 1. The van der Waals surface area contributed by atoms with Gasteiger partial charge in [0, 0.05) is 0 Å². The molecule has 0 bridgehead atoms. The number of methoxy groups -OCH3 is 1. The predicted octanol–water partition coefficient (Wildman–Crippen LogP) is 1.54. The van der Waals surface area contributed by atoms with Crippen LogP contribution in [-0.2, 0) is 4.74 Å². The Bertz CT molecular complexity index is 507. The van der Waals surface area contributed by atoms with Crippen molar-refractivity contribution in [3.05, 3.63) is 33.4 Å². The highest BCUT2D eigenvalue weighted by molar-refractivity contribution is 7.80. The van der Waals surface area contributed by atoms with Crippen LogP contribution in [0.2, 0.25) is 0 Å². The van der Waals surface area contributed by atoms with E-state index in [1.165, 1.54) is 12.1 Å². The zero-order valence-electron chi connectivity index (χ0n) is 8.13. The Morgan fingerprint density at radius 1 is 1.62 bits per heavy atom. The lowest BCUT2D eigenvalue weighted by atomic mass is 10.1. The first kappa shape index (κ1) is 12.0. The van der Waals surface area contributed by atoms with Crippen LogP contribution in [0.3, 0.4) is 0 Å². The summed E-state index contributed by atoms with van der Waals surface area (Å²) in [6.07, 6.45) is 0. The van der Waals surface area contributed by atoms with Crippen LogP contribution in [0.25, 0.3) is 0 Å². The molecule has 16 heavy (non-hydrogen) atoms. The van der Waals surface area contributed by atoms with Crippen molar-refractivity contribution < 1.29 is 14.5 Å². The lowest BCUT2D eigenvalue weighted by molar-refractivity contribution is -0.388. The summed E-state index contributed by atoms with van der Waals surface area (Å²) in [5.74, 6) is -0.841. The van der Waals surface area contributed by atoms with Crippen LogP contribution in [0.1, 0.15) is 15.9 Å². The lowest BCUT2D eigenvalue weighted by Crippen LogP contribution is -2.07. The smallest absolute Gasteiger partial charge is 0.344 e. The summed E-state index contributed by atoms with van der Waals surface area (Å²) >= 11 is 3.86. The second kappa shape index (κ2) is 4.63. The van der Waals surface area contributed by atoms with E-state index in [2.05, 4.69) is 17.4 Å². The molecule has 0 fully saturated rings. The number of esters is 1. The zero-order valence-corrected chi connectivity index (χ0v) is 9.02. The first-order valence-electron chi connectivity index (χ1n) is 4.01. The van der Waals surface area contributed by atoms with E-state index in [0.717, 1.165) is 7.11 Å². The second-order valence-corrected chi connectivity index (χ2v) is 3.17. The molecule has 0 aromatic heterocycles. The SMILES string of the molecule is COC(=O)c1ccc(C#N)c(S)c1[N+](=O)[O-]. The minimum Gasteiger partial charge on any atom is -0.465 e. The molecule has 0 unspecified atom stereocenters. The molecule has 0 heterocycles. The number of nitro benzene ring substituents is 1. The average Bonchev–Trinajstić information content (AvgIpc) is 2.26. The Labute approximate surface area is 96.0 Å². The fourth-order valence-corrected chi connectivity index (χ4v) is 1.46. The predicted molar refractivity (Wildman–Crippen MR) is 56.4 cm³/mol. The van der Waals surface area contributed by atoms with Crippen molar-refractivity contribution in [1.82, 2.24) is 0 Å². The van der Waals surface area contributed by atoms with Crippen LogP contribution in [0.4, 0.5) is 5.69 Å². The first-order chi connectivity index (χ1) is 7.52. The van der Waals surface area contributed by atoms with Gasteiger partial charge in [-0.15, -0.1) is 12.6 Å². The van der Waals surface area contributed by atoms with Gasteiger partial charge in [-0.2, -0.15) is 5.26 Å². The maximum absolute atomic E-state index is 11.2. The topological polar surface area (TPSA) is 93.2 Å². The number of carbonyl (C=O) groups excluding carboxylic acids is 1. The number of carbonyl (C=O) groups is 1. The summed E-state index contributed by atoms with van der Waals surface area (Å²) in [7, 11) is 1.11. The highest BCUT2D eigenvalue weighted by Crippen LogP contribution is 2.30. The fraction of sp³-hybridized carbons (Fsp3) is 0.111. The number of hydrogen-bond donors (Lipinski definition) is 1. The molecule has 1 aromatic carbocycles. The number of hydrogen-bond acceptors (Lipinski definition) is 6. The molecule has 82 valence electrons. The maximum Gasteiger partial charge on any atom is 0.344 e. The van der Waals surface area contributed by atoms with Gasteiger partial charge in [0.15, 0.2) is 0 Å². The van der Waals surface area contributed by atoms with Gasteiger partial charge >= 0.3 is 5.97 Å².